The van der Waals surface area contributed by atoms with Crippen molar-refractivity contribution in [2.75, 3.05) is 13.2 Å². The molecule has 0 aliphatic carbocycles. The van der Waals surface area contributed by atoms with Crippen molar-refractivity contribution in [3.05, 3.63) is 33.4 Å². The SMILES string of the molecule is CCn1/c(=N/S(=O)(=O)c2ccc(Cl)s2)sc2cc3c(cc21)OCCO3. The van der Waals surface area contributed by atoms with Gasteiger partial charge in [0.1, 0.15) is 17.4 Å². The highest BCUT2D eigenvalue weighted by atomic mass is 35.5. The van der Waals surface area contributed by atoms with Crippen LogP contribution in [0.25, 0.3) is 10.2 Å². The highest BCUT2D eigenvalue weighted by Crippen LogP contribution is 2.35. The Morgan fingerprint density at radius 3 is 2.56 bits per heavy atom. The van der Waals surface area contributed by atoms with E-state index in [-0.39, 0.29) is 4.21 Å². The lowest BCUT2D eigenvalue weighted by Crippen LogP contribution is -2.17. The Kier molecular flexibility index (Phi) is 4.27. The van der Waals surface area contributed by atoms with Crippen LogP contribution in [0.5, 0.6) is 11.5 Å². The number of hydrogen-bond donors (Lipinski definition) is 0. The lowest BCUT2D eigenvalue weighted by molar-refractivity contribution is 0.172. The number of fused-ring (bicyclic) bond motifs is 2. The van der Waals surface area contributed by atoms with Crippen molar-refractivity contribution in [3.63, 3.8) is 0 Å². The molecule has 0 radical (unpaired) electrons. The molecule has 0 spiro atoms. The molecule has 0 bridgehead atoms. The molecule has 1 aliphatic heterocycles. The zero-order valence-corrected chi connectivity index (χ0v) is 16.3. The first kappa shape index (κ1) is 16.9. The summed E-state index contributed by atoms with van der Waals surface area (Å²) in [5.41, 5.74) is 0.870. The molecule has 0 N–H and O–H groups in total. The highest BCUT2D eigenvalue weighted by molar-refractivity contribution is 7.92. The standard InChI is InChI=1S/C15H13ClN2O4S3/c1-2-18-9-7-10-11(22-6-5-21-10)8-12(9)23-15(18)17-25(19,20)14-4-3-13(16)24-14/h3-4,7-8H,2,5-6H2,1H3/b17-15-. The maximum absolute atomic E-state index is 12.5. The molecule has 2 aromatic heterocycles. The first-order valence-electron chi connectivity index (χ1n) is 7.47. The molecule has 3 heterocycles. The van der Waals surface area contributed by atoms with Gasteiger partial charge in [0.15, 0.2) is 11.5 Å². The second kappa shape index (κ2) is 6.31. The summed E-state index contributed by atoms with van der Waals surface area (Å²) in [5, 5.41) is 0. The number of aromatic nitrogens is 1. The van der Waals surface area contributed by atoms with Gasteiger partial charge in [0.05, 0.1) is 14.6 Å². The fourth-order valence-corrected chi connectivity index (χ4v) is 6.33. The van der Waals surface area contributed by atoms with E-state index >= 15 is 0 Å². The summed E-state index contributed by atoms with van der Waals surface area (Å²) in [4.78, 5) is 0.407. The molecule has 3 aromatic rings. The van der Waals surface area contributed by atoms with E-state index in [1.54, 1.807) is 6.07 Å². The van der Waals surface area contributed by atoms with Crippen molar-refractivity contribution in [1.82, 2.24) is 4.57 Å². The Bertz CT molecular complexity index is 1130. The van der Waals surface area contributed by atoms with Crippen molar-refractivity contribution >= 4 is 54.5 Å². The molecule has 0 fully saturated rings. The monoisotopic (exact) mass is 416 g/mol. The van der Waals surface area contributed by atoms with Crippen molar-refractivity contribution in [2.24, 2.45) is 4.40 Å². The Balaban J connectivity index is 1.92. The molecule has 0 unspecified atom stereocenters. The highest BCUT2D eigenvalue weighted by Gasteiger charge is 2.19. The summed E-state index contributed by atoms with van der Waals surface area (Å²) < 4.78 is 43.6. The molecule has 1 aromatic carbocycles. The second-order valence-corrected chi connectivity index (χ2v) is 9.77. The fraction of sp³-hybridized carbons (Fsp3) is 0.267. The van der Waals surface area contributed by atoms with Gasteiger partial charge in [-0.1, -0.05) is 22.9 Å². The number of thiazole rings is 1. The Morgan fingerprint density at radius 2 is 1.92 bits per heavy atom. The number of nitrogens with zero attached hydrogens (tertiary/aromatic N) is 2. The molecular formula is C15H13ClN2O4S3. The Hall–Kier alpha value is -1.55. The van der Waals surface area contributed by atoms with Crippen LogP contribution in [0, 0.1) is 0 Å². The van der Waals surface area contributed by atoms with E-state index in [2.05, 4.69) is 4.40 Å². The Labute approximate surface area is 157 Å². The third kappa shape index (κ3) is 3.05. The quantitative estimate of drug-likeness (QED) is 0.655. The van der Waals surface area contributed by atoms with Crippen LogP contribution in [-0.2, 0) is 16.6 Å². The molecule has 0 saturated heterocycles. The van der Waals surface area contributed by atoms with Crippen molar-refractivity contribution < 1.29 is 17.9 Å². The van der Waals surface area contributed by atoms with Crippen LogP contribution < -0.4 is 14.3 Å². The Morgan fingerprint density at radius 1 is 1.20 bits per heavy atom. The number of hydrogen-bond acceptors (Lipinski definition) is 6. The van der Waals surface area contributed by atoms with Crippen LogP contribution in [0.3, 0.4) is 0 Å². The maximum atomic E-state index is 12.5. The van der Waals surface area contributed by atoms with Gasteiger partial charge in [-0.2, -0.15) is 8.42 Å². The molecular weight excluding hydrogens is 404 g/mol. The topological polar surface area (TPSA) is 69.9 Å². The molecule has 0 amide bonds. The molecule has 1 aliphatic rings. The number of ether oxygens (including phenoxy) is 2. The zero-order chi connectivity index (χ0) is 17.6. The molecule has 132 valence electrons. The number of benzene rings is 1. The third-order valence-electron chi connectivity index (χ3n) is 3.66. The maximum Gasteiger partial charge on any atom is 0.294 e. The number of thiophene rings is 1. The van der Waals surface area contributed by atoms with Gasteiger partial charge in [-0.25, -0.2) is 0 Å². The molecule has 25 heavy (non-hydrogen) atoms. The molecule has 0 atom stereocenters. The van der Waals surface area contributed by atoms with Gasteiger partial charge >= 0.3 is 0 Å². The van der Waals surface area contributed by atoms with Gasteiger partial charge in [0.2, 0.25) is 4.80 Å². The van der Waals surface area contributed by atoms with Crippen LogP contribution in [0.1, 0.15) is 6.92 Å². The van der Waals surface area contributed by atoms with Gasteiger partial charge in [-0.3, -0.25) is 0 Å². The van der Waals surface area contributed by atoms with Crippen molar-refractivity contribution in [3.8, 4) is 11.5 Å². The number of rotatable bonds is 3. The number of sulfonamides is 1. The summed E-state index contributed by atoms with van der Waals surface area (Å²) in [6.07, 6.45) is 0. The second-order valence-electron chi connectivity index (χ2n) is 5.22. The molecule has 10 heteroatoms. The van der Waals surface area contributed by atoms with Gasteiger partial charge < -0.3 is 14.0 Å². The largest absolute Gasteiger partial charge is 0.486 e. The minimum atomic E-state index is -3.81. The lowest BCUT2D eigenvalue weighted by atomic mass is 10.2. The van der Waals surface area contributed by atoms with Crippen LogP contribution in [0.2, 0.25) is 4.34 Å². The molecule has 4 rings (SSSR count). The first-order valence-corrected chi connectivity index (χ1v) is 10.9. The average molecular weight is 417 g/mol. The zero-order valence-electron chi connectivity index (χ0n) is 13.1. The van der Waals surface area contributed by atoms with E-state index in [0.29, 0.717) is 40.4 Å². The van der Waals surface area contributed by atoms with E-state index in [9.17, 15) is 8.42 Å². The van der Waals surface area contributed by atoms with Crippen molar-refractivity contribution in [1.29, 1.82) is 0 Å². The van der Waals surface area contributed by atoms with Crippen LogP contribution >= 0.6 is 34.3 Å². The van der Waals surface area contributed by atoms with E-state index in [1.807, 2.05) is 23.6 Å². The van der Waals surface area contributed by atoms with Gasteiger partial charge in [0.25, 0.3) is 10.0 Å². The minimum absolute atomic E-state index is 0.128. The fourth-order valence-electron chi connectivity index (χ4n) is 2.57. The number of halogens is 1. The smallest absolute Gasteiger partial charge is 0.294 e. The summed E-state index contributed by atoms with van der Waals surface area (Å²) in [6, 6.07) is 6.76. The predicted octanol–water partition coefficient (Wildman–Crippen LogP) is 3.50. The minimum Gasteiger partial charge on any atom is -0.486 e. The van der Waals surface area contributed by atoms with E-state index in [4.69, 9.17) is 21.1 Å². The van der Waals surface area contributed by atoms with Crippen LogP contribution in [0.15, 0.2) is 32.9 Å². The van der Waals surface area contributed by atoms with Crippen molar-refractivity contribution in [2.45, 2.75) is 17.7 Å². The van der Waals surface area contributed by atoms with E-state index in [0.717, 1.165) is 21.6 Å². The third-order valence-corrected chi connectivity index (χ3v) is 7.79. The average Bonchev–Trinajstić information content (AvgIpc) is 3.15. The van der Waals surface area contributed by atoms with Crippen LogP contribution in [-0.4, -0.2) is 26.2 Å². The lowest BCUT2D eigenvalue weighted by Gasteiger charge is -2.18. The predicted molar refractivity (Wildman–Crippen MR) is 98.6 cm³/mol. The molecule has 6 nitrogen and oxygen atoms in total. The summed E-state index contributed by atoms with van der Waals surface area (Å²) in [7, 11) is -3.81. The first-order chi connectivity index (χ1) is 12.0. The van der Waals surface area contributed by atoms with Crippen LogP contribution in [0.4, 0.5) is 0 Å². The van der Waals surface area contributed by atoms with Gasteiger partial charge in [-0.15, -0.1) is 15.7 Å². The number of aryl methyl sites for hydroxylation is 1. The molecule has 0 saturated carbocycles. The summed E-state index contributed by atoms with van der Waals surface area (Å²) in [5.74, 6) is 1.33. The van der Waals surface area contributed by atoms with Gasteiger partial charge in [-0.05, 0) is 19.1 Å². The summed E-state index contributed by atoms with van der Waals surface area (Å²) >= 11 is 8.14. The normalized spacial score (nSPS) is 15.0. The van der Waals surface area contributed by atoms with Gasteiger partial charge in [0, 0.05) is 18.7 Å². The summed E-state index contributed by atoms with van der Waals surface area (Å²) in [6.45, 7) is 3.53. The van der Waals surface area contributed by atoms with E-state index in [1.165, 1.54) is 17.4 Å². The van der Waals surface area contributed by atoms with E-state index < -0.39 is 10.0 Å².